The van der Waals surface area contributed by atoms with Crippen molar-refractivity contribution in [2.45, 2.75) is 39.0 Å². The number of nitrogens with one attached hydrogen (secondary N) is 1. The van der Waals surface area contributed by atoms with Gasteiger partial charge in [0.05, 0.1) is 6.42 Å². The van der Waals surface area contributed by atoms with E-state index in [2.05, 4.69) is 12.2 Å². The molecular weight excluding hydrogens is 265 g/mol. The van der Waals surface area contributed by atoms with Crippen molar-refractivity contribution in [3.8, 4) is 0 Å². The number of hydrogen-bond acceptors (Lipinski definition) is 2. The molecule has 0 aromatic heterocycles. The van der Waals surface area contributed by atoms with Crippen LogP contribution in [0.3, 0.4) is 0 Å². The van der Waals surface area contributed by atoms with Gasteiger partial charge in [0.2, 0.25) is 0 Å². The molecule has 0 heterocycles. The minimum atomic E-state index is -4.09. The minimum Gasteiger partial charge on any atom is -0.313 e. The van der Waals surface area contributed by atoms with E-state index in [-0.39, 0.29) is 6.54 Å². The van der Waals surface area contributed by atoms with Gasteiger partial charge in [0, 0.05) is 19.6 Å². The number of rotatable bonds is 8. The Morgan fingerprint density at radius 2 is 1.80 bits per heavy atom. The second-order valence-corrected chi connectivity index (χ2v) is 5.05. The maximum atomic E-state index is 12.2. The summed E-state index contributed by atoms with van der Waals surface area (Å²) in [5.41, 5.74) is 2.24. The summed E-state index contributed by atoms with van der Waals surface area (Å²) in [5.74, 6) is 0. The third-order valence-electron chi connectivity index (χ3n) is 3.08. The number of alkyl halides is 3. The quantitative estimate of drug-likeness (QED) is 0.736. The molecule has 0 spiro atoms. The summed E-state index contributed by atoms with van der Waals surface area (Å²) in [5, 5.41) is 3.32. The molecule has 1 aromatic carbocycles. The predicted molar refractivity (Wildman–Crippen MR) is 75.4 cm³/mol. The fourth-order valence-corrected chi connectivity index (χ4v) is 1.97. The molecule has 0 saturated carbocycles. The van der Waals surface area contributed by atoms with E-state index in [0.717, 1.165) is 30.6 Å². The van der Waals surface area contributed by atoms with Crippen molar-refractivity contribution >= 4 is 0 Å². The predicted octanol–water partition coefficient (Wildman–Crippen LogP) is 3.57. The van der Waals surface area contributed by atoms with Crippen molar-refractivity contribution in [2.24, 2.45) is 0 Å². The average molecular weight is 288 g/mol. The molecule has 1 N–H and O–H groups in total. The number of halogens is 3. The van der Waals surface area contributed by atoms with Gasteiger partial charge >= 0.3 is 6.18 Å². The first kappa shape index (κ1) is 17.0. The van der Waals surface area contributed by atoms with Gasteiger partial charge in [-0.1, -0.05) is 31.2 Å². The highest BCUT2D eigenvalue weighted by Crippen LogP contribution is 2.20. The standard InChI is InChI=1S/C15H23F3N2/c1-3-9-19-11-13-6-4-5-7-14(13)12-20(2)10-8-15(16,17)18/h4-7,19H,3,8-12H2,1-2H3. The van der Waals surface area contributed by atoms with Crippen LogP contribution in [0.1, 0.15) is 30.9 Å². The molecule has 0 unspecified atom stereocenters. The van der Waals surface area contributed by atoms with Gasteiger partial charge in [-0.15, -0.1) is 0 Å². The topological polar surface area (TPSA) is 15.3 Å². The van der Waals surface area contributed by atoms with Crippen molar-refractivity contribution in [1.82, 2.24) is 10.2 Å². The lowest BCUT2D eigenvalue weighted by molar-refractivity contribution is -0.137. The summed E-state index contributed by atoms with van der Waals surface area (Å²) in [6.07, 6.45) is -3.79. The molecule has 0 atom stereocenters. The van der Waals surface area contributed by atoms with E-state index in [4.69, 9.17) is 0 Å². The van der Waals surface area contributed by atoms with Crippen LogP contribution in [0.4, 0.5) is 13.2 Å². The van der Waals surface area contributed by atoms with Gasteiger partial charge in [-0.2, -0.15) is 13.2 Å². The van der Waals surface area contributed by atoms with E-state index in [0.29, 0.717) is 6.54 Å². The lowest BCUT2D eigenvalue weighted by Gasteiger charge is -2.19. The molecule has 5 heteroatoms. The van der Waals surface area contributed by atoms with E-state index >= 15 is 0 Å². The molecule has 0 aliphatic heterocycles. The maximum Gasteiger partial charge on any atom is 0.390 e. The third kappa shape index (κ3) is 6.91. The van der Waals surface area contributed by atoms with Crippen LogP contribution in [0.2, 0.25) is 0 Å². The summed E-state index contributed by atoms with van der Waals surface area (Å²) in [6, 6.07) is 7.89. The lowest BCUT2D eigenvalue weighted by atomic mass is 10.1. The molecule has 114 valence electrons. The van der Waals surface area contributed by atoms with Crippen molar-refractivity contribution in [1.29, 1.82) is 0 Å². The Morgan fingerprint density at radius 3 is 2.40 bits per heavy atom. The van der Waals surface area contributed by atoms with E-state index in [1.165, 1.54) is 0 Å². The highest BCUT2D eigenvalue weighted by molar-refractivity contribution is 5.26. The van der Waals surface area contributed by atoms with Crippen LogP contribution in [-0.2, 0) is 13.1 Å². The molecule has 1 aromatic rings. The summed E-state index contributed by atoms with van der Waals surface area (Å²) < 4.78 is 36.6. The molecule has 0 aliphatic carbocycles. The van der Waals surface area contributed by atoms with E-state index in [1.807, 2.05) is 24.3 Å². The average Bonchev–Trinajstić information content (AvgIpc) is 2.38. The van der Waals surface area contributed by atoms with Crippen LogP contribution in [0, 0.1) is 0 Å². The molecule has 0 fully saturated rings. The Kier molecular flexibility index (Phi) is 7.02. The molecule has 0 amide bonds. The number of hydrogen-bond donors (Lipinski definition) is 1. The summed E-state index contributed by atoms with van der Waals surface area (Å²) in [7, 11) is 1.72. The van der Waals surface area contributed by atoms with E-state index < -0.39 is 12.6 Å². The van der Waals surface area contributed by atoms with Crippen LogP contribution in [0.5, 0.6) is 0 Å². The fraction of sp³-hybridized carbons (Fsp3) is 0.600. The van der Waals surface area contributed by atoms with Gasteiger partial charge in [-0.25, -0.2) is 0 Å². The molecule has 0 saturated heterocycles. The monoisotopic (exact) mass is 288 g/mol. The van der Waals surface area contributed by atoms with Gasteiger partial charge in [0.25, 0.3) is 0 Å². The van der Waals surface area contributed by atoms with Crippen molar-refractivity contribution < 1.29 is 13.2 Å². The highest BCUT2D eigenvalue weighted by atomic mass is 19.4. The molecular formula is C15H23F3N2. The fourth-order valence-electron chi connectivity index (χ4n) is 1.97. The van der Waals surface area contributed by atoms with Gasteiger partial charge in [0.15, 0.2) is 0 Å². The zero-order chi connectivity index (χ0) is 15.0. The van der Waals surface area contributed by atoms with Gasteiger partial charge < -0.3 is 10.2 Å². The summed E-state index contributed by atoms with van der Waals surface area (Å²) in [6.45, 7) is 4.37. The third-order valence-corrected chi connectivity index (χ3v) is 3.08. The minimum absolute atomic E-state index is 0.0280. The van der Waals surface area contributed by atoms with Crippen LogP contribution in [-0.4, -0.2) is 31.2 Å². The van der Waals surface area contributed by atoms with Crippen LogP contribution < -0.4 is 5.32 Å². The van der Waals surface area contributed by atoms with Gasteiger partial charge in [-0.3, -0.25) is 0 Å². The Labute approximate surface area is 119 Å². The maximum absolute atomic E-state index is 12.2. The lowest BCUT2D eigenvalue weighted by Crippen LogP contribution is -2.25. The Hall–Kier alpha value is -1.07. The molecule has 0 bridgehead atoms. The van der Waals surface area contributed by atoms with Gasteiger partial charge in [-0.05, 0) is 31.1 Å². The Bertz CT molecular complexity index is 391. The Balaban J connectivity index is 2.53. The van der Waals surface area contributed by atoms with Crippen molar-refractivity contribution in [3.05, 3.63) is 35.4 Å². The summed E-state index contributed by atoms with van der Waals surface area (Å²) in [4.78, 5) is 1.71. The smallest absolute Gasteiger partial charge is 0.313 e. The number of nitrogens with zero attached hydrogens (tertiary/aromatic N) is 1. The van der Waals surface area contributed by atoms with Crippen molar-refractivity contribution in [2.75, 3.05) is 20.1 Å². The number of benzene rings is 1. The normalized spacial score (nSPS) is 12.1. The first-order chi connectivity index (χ1) is 9.42. The first-order valence-electron chi connectivity index (χ1n) is 6.95. The molecule has 1 rings (SSSR count). The zero-order valence-electron chi connectivity index (χ0n) is 12.1. The van der Waals surface area contributed by atoms with Crippen LogP contribution in [0.15, 0.2) is 24.3 Å². The zero-order valence-corrected chi connectivity index (χ0v) is 12.1. The molecule has 2 nitrogen and oxygen atoms in total. The van der Waals surface area contributed by atoms with Crippen LogP contribution >= 0.6 is 0 Å². The van der Waals surface area contributed by atoms with Gasteiger partial charge in [0.1, 0.15) is 0 Å². The molecule has 0 radical (unpaired) electrons. The Morgan fingerprint density at radius 1 is 1.15 bits per heavy atom. The largest absolute Gasteiger partial charge is 0.390 e. The first-order valence-corrected chi connectivity index (χ1v) is 6.95. The highest BCUT2D eigenvalue weighted by Gasteiger charge is 2.27. The second kappa shape index (κ2) is 8.27. The molecule has 20 heavy (non-hydrogen) atoms. The van der Waals surface area contributed by atoms with Crippen LogP contribution in [0.25, 0.3) is 0 Å². The van der Waals surface area contributed by atoms with E-state index in [9.17, 15) is 13.2 Å². The van der Waals surface area contributed by atoms with Crippen molar-refractivity contribution in [3.63, 3.8) is 0 Å². The summed E-state index contributed by atoms with van der Waals surface area (Å²) >= 11 is 0. The second-order valence-electron chi connectivity index (χ2n) is 5.05. The SMILES string of the molecule is CCCNCc1ccccc1CN(C)CCC(F)(F)F. The van der Waals surface area contributed by atoms with E-state index in [1.54, 1.807) is 11.9 Å². The molecule has 0 aliphatic rings.